The highest BCUT2D eigenvalue weighted by molar-refractivity contribution is 5.85. The number of carbonyl (C=O) groups is 1. The van der Waals surface area contributed by atoms with Crippen LogP contribution in [-0.2, 0) is 10.2 Å². The zero-order valence-electron chi connectivity index (χ0n) is 25.9. The summed E-state index contributed by atoms with van der Waals surface area (Å²) >= 11 is 0. The minimum absolute atomic E-state index is 0.0329. The number of carboxylic acid groups (broad SMARTS) is 1. The van der Waals surface area contributed by atoms with Gasteiger partial charge in [0.1, 0.15) is 0 Å². The van der Waals surface area contributed by atoms with Gasteiger partial charge < -0.3 is 20.3 Å². The van der Waals surface area contributed by atoms with Gasteiger partial charge in [0.05, 0.1) is 5.41 Å². The second kappa shape index (κ2) is 8.45. The maximum Gasteiger partial charge on any atom is 0.309 e. The lowest BCUT2D eigenvalue weighted by Gasteiger charge is -2.70. The molecule has 1 aromatic heterocycles. The monoisotopic (exact) mass is 567 g/mol. The Labute approximate surface area is 249 Å². The van der Waals surface area contributed by atoms with Crippen LogP contribution in [0.1, 0.15) is 108 Å². The summed E-state index contributed by atoms with van der Waals surface area (Å²) in [6.07, 6.45) is 11.2. The number of phenols is 2. The van der Waals surface area contributed by atoms with E-state index in [9.17, 15) is 20.1 Å². The number of aromatic amines is 1. The highest BCUT2D eigenvalue weighted by atomic mass is 16.4. The average Bonchev–Trinajstić information content (AvgIpc) is 3.38. The van der Waals surface area contributed by atoms with E-state index >= 15 is 0 Å². The van der Waals surface area contributed by atoms with E-state index in [1.165, 1.54) is 16.5 Å². The van der Waals surface area contributed by atoms with Gasteiger partial charge in [-0.2, -0.15) is 0 Å². The molecule has 2 aromatic carbocycles. The first-order chi connectivity index (χ1) is 19.7. The molecule has 5 nitrogen and oxygen atoms in total. The van der Waals surface area contributed by atoms with Gasteiger partial charge in [-0.05, 0) is 115 Å². The van der Waals surface area contributed by atoms with Gasteiger partial charge >= 0.3 is 5.97 Å². The van der Waals surface area contributed by atoms with Gasteiger partial charge in [-0.1, -0.05) is 57.5 Å². The van der Waals surface area contributed by atoms with Crippen LogP contribution in [-0.4, -0.2) is 26.3 Å². The largest absolute Gasteiger partial charge is 0.504 e. The van der Waals surface area contributed by atoms with Crippen molar-refractivity contribution in [3.63, 3.8) is 0 Å². The topological polar surface area (TPSA) is 93.5 Å². The summed E-state index contributed by atoms with van der Waals surface area (Å²) < 4.78 is 0. The third-order valence-electron chi connectivity index (χ3n) is 13.6. The van der Waals surface area contributed by atoms with Crippen molar-refractivity contribution in [3.8, 4) is 11.5 Å². The lowest BCUT2D eigenvalue weighted by Crippen LogP contribution is -2.62. The van der Waals surface area contributed by atoms with E-state index in [0.29, 0.717) is 5.92 Å². The van der Waals surface area contributed by atoms with Crippen molar-refractivity contribution < 1.29 is 20.1 Å². The van der Waals surface area contributed by atoms with Crippen LogP contribution in [0.15, 0.2) is 48.2 Å². The van der Waals surface area contributed by atoms with Gasteiger partial charge in [0.25, 0.3) is 0 Å². The van der Waals surface area contributed by atoms with E-state index < -0.39 is 11.4 Å². The van der Waals surface area contributed by atoms with Crippen molar-refractivity contribution >= 4 is 16.9 Å². The first-order valence-electron chi connectivity index (χ1n) is 15.8. The number of phenolic OH excluding ortho intramolecular Hbond substituents is 2. The second-order valence-corrected chi connectivity index (χ2v) is 15.5. The second-order valence-electron chi connectivity index (χ2n) is 15.5. The smallest absolute Gasteiger partial charge is 0.309 e. The van der Waals surface area contributed by atoms with Crippen LogP contribution < -0.4 is 0 Å². The summed E-state index contributed by atoms with van der Waals surface area (Å²) in [5.41, 5.74) is 5.64. The molecular formula is C37H45NO4. The molecule has 0 amide bonds. The van der Waals surface area contributed by atoms with Gasteiger partial charge in [-0.3, -0.25) is 4.79 Å². The fourth-order valence-corrected chi connectivity index (χ4v) is 10.5. The maximum absolute atomic E-state index is 12.5. The van der Waals surface area contributed by atoms with Gasteiger partial charge in [0, 0.05) is 28.4 Å². The van der Waals surface area contributed by atoms with Crippen molar-refractivity contribution in [1.82, 2.24) is 4.98 Å². The quantitative estimate of drug-likeness (QED) is 0.184. The molecule has 0 aliphatic heterocycles. The average molecular weight is 568 g/mol. The number of aliphatic carboxylic acids is 1. The van der Waals surface area contributed by atoms with Crippen molar-refractivity contribution in [3.05, 3.63) is 70.4 Å². The molecule has 1 unspecified atom stereocenters. The van der Waals surface area contributed by atoms with E-state index in [1.54, 1.807) is 0 Å². The molecule has 7 atom stereocenters. The third kappa shape index (κ3) is 3.28. The Kier molecular flexibility index (Phi) is 5.56. The fraction of sp³-hybridized carbons (Fsp3) is 0.541. The van der Waals surface area contributed by atoms with Crippen LogP contribution >= 0.6 is 0 Å². The Morgan fingerprint density at radius 2 is 1.67 bits per heavy atom. The first kappa shape index (κ1) is 27.6. The third-order valence-corrected chi connectivity index (χ3v) is 13.6. The zero-order chi connectivity index (χ0) is 30.0. The molecule has 5 heteroatoms. The predicted octanol–water partition coefficient (Wildman–Crippen LogP) is 8.71. The Bertz CT molecular complexity index is 1680. The van der Waals surface area contributed by atoms with Gasteiger partial charge in [-0.15, -0.1) is 0 Å². The number of allylic oxidation sites excluding steroid dienone is 2. The molecule has 4 N–H and O–H groups in total. The number of H-pyrrole nitrogens is 1. The molecule has 222 valence electrons. The highest BCUT2D eigenvalue weighted by Crippen LogP contribution is 2.75. The van der Waals surface area contributed by atoms with Crippen molar-refractivity contribution in [2.45, 2.75) is 97.8 Å². The molecule has 3 fully saturated rings. The highest BCUT2D eigenvalue weighted by Gasteiger charge is 2.67. The molecule has 3 saturated carbocycles. The molecule has 1 heterocycles. The summed E-state index contributed by atoms with van der Waals surface area (Å²) in [5, 5.41) is 33.4. The minimum Gasteiger partial charge on any atom is -0.504 e. The van der Waals surface area contributed by atoms with E-state index in [-0.39, 0.29) is 39.1 Å². The van der Waals surface area contributed by atoms with E-state index in [4.69, 9.17) is 0 Å². The van der Waals surface area contributed by atoms with E-state index in [2.05, 4.69) is 63.2 Å². The van der Waals surface area contributed by atoms with E-state index in [0.717, 1.165) is 67.2 Å². The molecular weight excluding hydrogens is 522 g/mol. The number of hydrogen-bond acceptors (Lipinski definition) is 3. The zero-order valence-corrected chi connectivity index (χ0v) is 25.9. The Hall–Kier alpha value is -3.21. The van der Waals surface area contributed by atoms with Crippen LogP contribution in [0.2, 0.25) is 0 Å². The number of rotatable bonds is 2. The predicted molar refractivity (Wildman–Crippen MR) is 166 cm³/mol. The Morgan fingerprint density at radius 3 is 2.40 bits per heavy atom. The number of para-hydroxylation sites is 1. The van der Waals surface area contributed by atoms with Crippen LogP contribution in [0.5, 0.6) is 11.5 Å². The lowest BCUT2D eigenvalue weighted by atomic mass is 9.34. The first-order valence-corrected chi connectivity index (χ1v) is 15.8. The number of aromatic hydroxyl groups is 2. The van der Waals surface area contributed by atoms with E-state index in [1.807, 2.05) is 26.0 Å². The molecule has 7 rings (SSSR count). The molecule has 0 radical (unpaired) electrons. The standard InChI is InChI=1S/C37H45NO4/c1-21-30-23(24-20-38-26-10-8-7-9-22(24)26)17-28-35(4,25(30)18-27(39)31(21)40)14-16-37(6)29-19-34(3,32(41)42)12-11-33(29,2)13-15-36(28,37)5/h7-10,17-18,20,23,29,38-40H,11-16,19H2,1-6H3,(H,41,42)/t23?,29-,33-,34-,35+,36-,37+/m1/s1. The Balaban J connectivity index is 1.46. The van der Waals surface area contributed by atoms with Crippen LogP contribution in [0.4, 0.5) is 0 Å². The van der Waals surface area contributed by atoms with Crippen molar-refractivity contribution in [2.24, 2.45) is 27.6 Å². The van der Waals surface area contributed by atoms with Crippen molar-refractivity contribution in [1.29, 1.82) is 0 Å². The molecule has 4 aliphatic rings. The Morgan fingerprint density at radius 1 is 0.952 bits per heavy atom. The van der Waals surface area contributed by atoms with Gasteiger partial charge in [-0.25, -0.2) is 0 Å². The summed E-state index contributed by atoms with van der Waals surface area (Å²) in [6, 6.07) is 10.2. The number of nitrogens with one attached hydrogen (secondary N) is 1. The summed E-state index contributed by atoms with van der Waals surface area (Å²) in [4.78, 5) is 16.0. The molecule has 0 spiro atoms. The van der Waals surface area contributed by atoms with Crippen molar-refractivity contribution in [2.75, 3.05) is 0 Å². The SMILES string of the molecule is Cc1c(O)c(O)cc2c1C(c1c[nH]c3ccccc13)C=C1[C@@]2(C)CC[C@@]2(C)[C@@H]3C[C@](C)(C(=O)O)CC[C@]3(C)CC[C@]12C. The molecule has 42 heavy (non-hydrogen) atoms. The maximum atomic E-state index is 12.5. The van der Waals surface area contributed by atoms with Crippen LogP contribution in [0.25, 0.3) is 10.9 Å². The molecule has 4 aliphatic carbocycles. The molecule has 0 bridgehead atoms. The van der Waals surface area contributed by atoms with Crippen LogP contribution in [0, 0.1) is 34.5 Å². The number of hydrogen-bond donors (Lipinski definition) is 4. The fourth-order valence-electron chi connectivity index (χ4n) is 10.5. The number of benzene rings is 2. The molecule has 3 aromatic rings. The lowest BCUT2D eigenvalue weighted by molar-refractivity contribution is -0.177. The van der Waals surface area contributed by atoms with Crippen LogP contribution in [0.3, 0.4) is 0 Å². The molecule has 0 saturated heterocycles. The number of aromatic nitrogens is 1. The summed E-state index contributed by atoms with van der Waals surface area (Å²) in [6.45, 7) is 13.6. The number of fused-ring (bicyclic) bond motifs is 8. The normalized spacial score (nSPS) is 39.0. The summed E-state index contributed by atoms with van der Waals surface area (Å²) in [5.74, 6) is -0.502. The summed E-state index contributed by atoms with van der Waals surface area (Å²) in [7, 11) is 0. The minimum atomic E-state index is -0.688. The van der Waals surface area contributed by atoms with Gasteiger partial charge in [0.15, 0.2) is 11.5 Å². The number of carboxylic acids is 1. The van der Waals surface area contributed by atoms with Gasteiger partial charge in [0.2, 0.25) is 0 Å².